The highest BCUT2D eigenvalue weighted by molar-refractivity contribution is 5.97. The highest BCUT2D eigenvalue weighted by Crippen LogP contribution is 2.38. The van der Waals surface area contributed by atoms with Crippen molar-refractivity contribution in [2.45, 2.75) is 46.0 Å². The van der Waals surface area contributed by atoms with E-state index in [1.54, 1.807) is 0 Å². The van der Waals surface area contributed by atoms with Crippen molar-refractivity contribution >= 4 is 11.6 Å². The van der Waals surface area contributed by atoms with Gasteiger partial charge in [0.25, 0.3) is 0 Å². The van der Waals surface area contributed by atoms with Crippen LogP contribution >= 0.6 is 0 Å². The van der Waals surface area contributed by atoms with E-state index >= 15 is 0 Å². The maximum atomic E-state index is 12.4. The number of hydrogen-bond donors (Lipinski definition) is 0. The molecule has 0 saturated carbocycles. The minimum absolute atomic E-state index is 0.227. The van der Waals surface area contributed by atoms with Gasteiger partial charge in [0.2, 0.25) is 5.91 Å². The lowest BCUT2D eigenvalue weighted by Gasteiger charge is -2.27. The molecule has 108 valence electrons. The van der Waals surface area contributed by atoms with Crippen molar-refractivity contribution in [1.29, 1.82) is 0 Å². The van der Waals surface area contributed by atoms with Crippen molar-refractivity contribution in [1.82, 2.24) is 0 Å². The molecule has 2 rings (SSSR count). The molecule has 1 amide bonds. The Morgan fingerprint density at radius 2 is 1.75 bits per heavy atom. The molecule has 1 aliphatic rings. The first-order valence-electron chi connectivity index (χ1n) is 7.51. The minimum atomic E-state index is 0.227. The zero-order valence-corrected chi connectivity index (χ0v) is 13.0. The molecule has 1 atom stereocenters. The summed E-state index contributed by atoms with van der Waals surface area (Å²) in [5, 5.41) is 0. The molecule has 2 nitrogen and oxygen atoms in total. The second kappa shape index (κ2) is 5.82. The van der Waals surface area contributed by atoms with Crippen LogP contribution in [0.1, 0.15) is 57.1 Å². The molecular formula is C18H25NO. The van der Waals surface area contributed by atoms with E-state index in [1.807, 2.05) is 11.0 Å². The van der Waals surface area contributed by atoms with Crippen LogP contribution in [0.2, 0.25) is 0 Å². The van der Waals surface area contributed by atoms with Crippen LogP contribution in [0.25, 0.3) is 0 Å². The van der Waals surface area contributed by atoms with Crippen LogP contribution < -0.4 is 4.90 Å². The monoisotopic (exact) mass is 271 g/mol. The molecule has 1 saturated heterocycles. The average molecular weight is 271 g/mol. The predicted molar refractivity (Wildman–Crippen MR) is 85.3 cm³/mol. The molecule has 1 aliphatic heterocycles. The Bertz CT molecular complexity index is 490. The van der Waals surface area contributed by atoms with E-state index in [0.717, 1.165) is 12.2 Å². The van der Waals surface area contributed by atoms with Gasteiger partial charge >= 0.3 is 0 Å². The summed E-state index contributed by atoms with van der Waals surface area (Å²) >= 11 is 0. The highest BCUT2D eigenvalue weighted by atomic mass is 16.2. The van der Waals surface area contributed by atoms with Crippen molar-refractivity contribution in [3.8, 4) is 0 Å². The van der Waals surface area contributed by atoms with Gasteiger partial charge in [0, 0.05) is 18.9 Å². The number of anilines is 1. The normalized spacial score (nSPS) is 19.2. The topological polar surface area (TPSA) is 20.3 Å². The van der Waals surface area contributed by atoms with Crippen molar-refractivity contribution in [2.24, 2.45) is 5.92 Å². The van der Waals surface area contributed by atoms with E-state index in [9.17, 15) is 4.79 Å². The SMILES string of the molecule is C=CC1CC(=O)N(c2c(C(C)C)cccc2C(C)C)C1. The van der Waals surface area contributed by atoms with Crippen LogP contribution in [-0.2, 0) is 4.79 Å². The molecule has 0 aromatic heterocycles. The molecule has 1 unspecified atom stereocenters. The summed E-state index contributed by atoms with van der Waals surface area (Å²) in [6.07, 6.45) is 2.50. The van der Waals surface area contributed by atoms with Gasteiger partial charge in [-0.2, -0.15) is 0 Å². The van der Waals surface area contributed by atoms with Crippen molar-refractivity contribution in [3.05, 3.63) is 42.0 Å². The first-order chi connectivity index (χ1) is 9.45. The molecule has 20 heavy (non-hydrogen) atoms. The lowest BCUT2D eigenvalue weighted by Crippen LogP contribution is -2.27. The van der Waals surface area contributed by atoms with Crippen LogP contribution in [0, 0.1) is 5.92 Å². The Hall–Kier alpha value is -1.57. The third-order valence-electron chi connectivity index (χ3n) is 4.10. The summed E-state index contributed by atoms with van der Waals surface area (Å²) in [5.74, 6) is 1.34. The largest absolute Gasteiger partial charge is 0.311 e. The predicted octanol–water partition coefficient (Wildman–Crippen LogP) is 4.47. The minimum Gasteiger partial charge on any atom is -0.311 e. The third-order valence-corrected chi connectivity index (χ3v) is 4.10. The van der Waals surface area contributed by atoms with Gasteiger partial charge in [0.1, 0.15) is 0 Å². The smallest absolute Gasteiger partial charge is 0.227 e. The molecular weight excluding hydrogens is 246 g/mol. The van der Waals surface area contributed by atoms with Gasteiger partial charge in [0.05, 0.1) is 5.69 Å². The standard InChI is InChI=1S/C18H25NO/c1-6-14-10-17(20)19(11-14)18-15(12(2)3)8-7-9-16(18)13(4)5/h6-9,12-14H,1,10-11H2,2-5H3. The zero-order valence-electron chi connectivity index (χ0n) is 13.0. The number of nitrogens with zero attached hydrogens (tertiary/aromatic N) is 1. The number of rotatable bonds is 4. The molecule has 0 bridgehead atoms. The number of carbonyl (C=O) groups excluding carboxylic acids is 1. The van der Waals surface area contributed by atoms with Gasteiger partial charge in [-0.3, -0.25) is 4.79 Å². The van der Waals surface area contributed by atoms with E-state index in [4.69, 9.17) is 0 Å². The molecule has 1 fully saturated rings. The summed E-state index contributed by atoms with van der Waals surface area (Å²) in [5.41, 5.74) is 3.69. The lowest BCUT2D eigenvalue weighted by atomic mass is 9.92. The molecule has 0 radical (unpaired) electrons. The molecule has 2 heteroatoms. The summed E-state index contributed by atoms with van der Waals surface area (Å²) in [6, 6.07) is 6.42. The van der Waals surface area contributed by atoms with E-state index in [-0.39, 0.29) is 11.8 Å². The molecule has 0 aliphatic carbocycles. The van der Waals surface area contributed by atoms with E-state index < -0.39 is 0 Å². The molecule has 1 aromatic carbocycles. The molecule has 1 aromatic rings. The summed E-state index contributed by atoms with van der Waals surface area (Å²) in [7, 11) is 0. The Labute approximate surface area is 122 Å². The first kappa shape index (κ1) is 14.8. The Morgan fingerprint density at radius 3 is 2.15 bits per heavy atom. The second-order valence-electron chi connectivity index (χ2n) is 6.30. The Balaban J connectivity index is 2.53. The molecule has 0 spiro atoms. The third kappa shape index (κ3) is 2.65. The number of amides is 1. The first-order valence-corrected chi connectivity index (χ1v) is 7.51. The Kier molecular flexibility index (Phi) is 4.32. The van der Waals surface area contributed by atoms with Gasteiger partial charge < -0.3 is 4.90 Å². The van der Waals surface area contributed by atoms with E-state index in [0.29, 0.717) is 18.3 Å². The average Bonchev–Trinajstić information content (AvgIpc) is 2.78. The van der Waals surface area contributed by atoms with Gasteiger partial charge in [0.15, 0.2) is 0 Å². The zero-order chi connectivity index (χ0) is 14.9. The number of carbonyl (C=O) groups is 1. The number of hydrogen-bond acceptors (Lipinski definition) is 1. The quantitative estimate of drug-likeness (QED) is 0.740. The fraction of sp³-hybridized carbons (Fsp3) is 0.500. The molecule has 0 N–H and O–H groups in total. The second-order valence-corrected chi connectivity index (χ2v) is 6.30. The molecule has 1 heterocycles. The maximum Gasteiger partial charge on any atom is 0.227 e. The van der Waals surface area contributed by atoms with Crippen LogP contribution in [0.4, 0.5) is 5.69 Å². The maximum absolute atomic E-state index is 12.4. The summed E-state index contributed by atoms with van der Waals surface area (Å²) in [6.45, 7) is 13.4. The van der Waals surface area contributed by atoms with Crippen LogP contribution in [0.5, 0.6) is 0 Å². The fourth-order valence-electron chi connectivity index (χ4n) is 2.93. The number of para-hydroxylation sites is 1. The van der Waals surface area contributed by atoms with E-state index in [2.05, 4.69) is 52.5 Å². The van der Waals surface area contributed by atoms with Crippen LogP contribution in [-0.4, -0.2) is 12.5 Å². The lowest BCUT2D eigenvalue weighted by molar-refractivity contribution is -0.117. The van der Waals surface area contributed by atoms with Crippen molar-refractivity contribution in [2.75, 3.05) is 11.4 Å². The highest BCUT2D eigenvalue weighted by Gasteiger charge is 2.32. The summed E-state index contributed by atoms with van der Waals surface area (Å²) < 4.78 is 0. The van der Waals surface area contributed by atoms with Crippen molar-refractivity contribution < 1.29 is 4.79 Å². The van der Waals surface area contributed by atoms with Crippen molar-refractivity contribution in [3.63, 3.8) is 0 Å². The van der Waals surface area contributed by atoms with Gasteiger partial charge in [-0.15, -0.1) is 6.58 Å². The van der Waals surface area contributed by atoms with Gasteiger partial charge in [-0.1, -0.05) is 52.0 Å². The van der Waals surface area contributed by atoms with Crippen LogP contribution in [0.3, 0.4) is 0 Å². The Morgan fingerprint density at radius 1 is 1.20 bits per heavy atom. The van der Waals surface area contributed by atoms with Gasteiger partial charge in [-0.25, -0.2) is 0 Å². The number of benzene rings is 1. The fourth-order valence-corrected chi connectivity index (χ4v) is 2.93. The summed E-state index contributed by atoms with van der Waals surface area (Å²) in [4.78, 5) is 14.4. The van der Waals surface area contributed by atoms with Crippen LogP contribution in [0.15, 0.2) is 30.9 Å². The van der Waals surface area contributed by atoms with E-state index in [1.165, 1.54) is 11.1 Å². The van der Waals surface area contributed by atoms with Gasteiger partial charge in [-0.05, 0) is 23.0 Å².